The summed E-state index contributed by atoms with van der Waals surface area (Å²) in [5.74, 6) is 0.551. The van der Waals surface area contributed by atoms with Crippen LogP contribution in [0.4, 0.5) is 0 Å². The second-order valence-corrected chi connectivity index (χ2v) is 7.80. The maximum absolute atomic E-state index is 12.8. The van der Waals surface area contributed by atoms with Crippen molar-refractivity contribution in [3.8, 4) is 11.5 Å². The lowest BCUT2D eigenvalue weighted by Gasteiger charge is -2.32. The molecule has 0 bridgehead atoms. The van der Waals surface area contributed by atoms with Gasteiger partial charge in [0, 0.05) is 26.0 Å². The lowest BCUT2D eigenvalue weighted by atomic mass is 10.1. The van der Waals surface area contributed by atoms with Gasteiger partial charge in [-0.25, -0.2) is 4.79 Å². The Kier molecular flexibility index (Phi) is 8.94. The number of aryl methyl sites for hydroxylation is 1. The normalized spacial score (nSPS) is 20.8. The highest BCUT2D eigenvalue weighted by atomic mass is 127. The zero-order valence-electron chi connectivity index (χ0n) is 17.8. The van der Waals surface area contributed by atoms with Gasteiger partial charge in [-0.3, -0.25) is 0 Å². The second kappa shape index (κ2) is 11.7. The molecule has 3 rings (SSSR count). The van der Waals surface area contributed by atoms with Crippen molar-refractivity contribution < 1.29 is 31.5 Å². The molecule has 1 saturated heterocycles. The van der Waals surface area contributed by atoms with Crippen LogP contribution in [0.25, 0.3) is 0 Å². The molecule has 0 amide bonds. The van der Waals surface area contributed by atoms with Crippen LogP contribution in [0, 0.1) is 6.92 Å². The molecule has 3 unspecified atom stereocenters. The highest BCUT2D eigenvalue weighted by Crippen LogP contribution is 2.30. The Morgan fingerprint density at radius 2 is 1.94 bits per heavy atom. The zero-order valence-corrected chi connectivity index (χ0v) is 20.0. The minimum absolute atomic E-state index is 0.0136. The molecule has 0 saturated carbocycles. The zero-order chi connectivity index (χ0) is 22.2. The van der Waals surface area contributed by atoms with Gasteiger partial charge in [-0.15, -0.1) is 0 Å². The summed E-state index contributed by atoms with van der Waals surface area (Å²) in [5.41, 5.74) is 2.13. The van der Waals surface area contributed by atoms with E-state index in [1.165, 1.54) is 7.11 Å². The minimum Gasteiger partial charge on any atom is -0.496 e. The molecule has 1 aliphatic rings. The van der Waals surface area contributed by atoms with Gasteiger partial charge >= 0.3 is 5.97 Å². The van der Waals surface area contributed by atoms with E-state index < -0.39 is 5.97 Å². The molecule has 1 heterocycles. The Morgan fingerprint density at radius 3 is 2.61 bits per heavy atom. The van der Waals surface area contributed by atoms with Crippen LogP contribution in [-0.4, -0.2) is 45.3 Å². The first-order valence-corrected chi connectivity index (χ1v) is 10.9. The summed E-state index contributed by atoms with van der Waals surface area (Å²) in [7, 11) is 3.10. The average molecular weight is 542 g/mol. The summed E-state index contributed by atoms with van der Waals surface area (Å²) in [5, 5.41) is 0. The summed E-state index contributed by atoms with van der Waals surface area (Å²) >= 11 is 1.87. The highest BCUT2D eigenvalue weighted by Gasteiger charge is 2.31. The molecular weight excluding hydrogens is 515 g/mol. The third-order valence-electron chi connectivity index (χ3n) is 5.06. The molecule has 168 valence electrons. The monoisotopic (exact) mass is 542 g/mol. The van der Waals surface area contributed by atoms with Crippen molar-refractivity contribution in [3.63, 3.8) is 0 Å². The van der Waals surface area contributed by atoms with E-state index in [2.05, 4.69) is 0 Å². The van der Waals surface area contributed by atoms with Crippen LogP contribution >= 0.6 is 23.0 Å². The Morgan fingerprint density at radius 1 is 1.16 bits per heavy atom. The standard InChI is InChI=1S/C23H27IO7/c1-15-9-17(28-13-16-7-5-4-6-8-16)11-20(26-2)22(15)23(25)29-14-19-10-18(31-24)12-21(27-3)30-19/h4-9,11,18-19,21H,10,12-14H2,1-3H3. The Balaban J connectivity index is 1.64. The lowest BCUT2D eigenvalue weighted by Crippen LogP contribution is -2.39. The molecule has 3 atom stereocenters. The van der Waals surface area contributed by atoms with Crippen LogP contribution in [0.15, 0.2) is 42.5 Å². The molecule has 0 aromatic heterocycles. The summed E-state index contributed by atoms with van der Waals surface area (Å²) in [6.07, 6.45) is 0.566. The summed E-state index contributed by atoms with van der Waals surface area (Å²) in [6.45, 7) is 2.35. The van der Waals surface area contributed by atoms with Gasteiger partial charge < -0.3 is 26.8 Å². The number of ether oxygens (including phenoxy) is 5. The number of rotatable bonds is 9. The van der Waals surface area contributed by atoms with Gasteiger partial charge in [-0.2, -0.15) is 0 Å². The van der Waals surface area contributed by atoms with E-state index in [0.29, 0.717) is 42.1 Å². The molecule has 7 nitrogen and oxygen atoms in total. The van der Waals surface area contributed by atoms with Crippen LogP contribution < -0.4 is 9.47 Å². The largest absolute Gasteiger partial charge is 0.496 e. The van der Waals surface area contributed by atoms with Crippen molar-refractivity contribution in [2.75, 3.05) is 20.8 Å². The molecule has 0 radical (unpaired) electrons. The third kappa shape index (κ3) is 6.55. The second-order valence-electron chi connectivity index (χ2n) is 7.30. The molecule has 0 spiro atoms. The van der Waals surface area contributed by atoms with Gasteiger partial charge in [-0.1, -0.05) is 30.3 Å². The van der Waals surface area contributed by atoms with Crippen molar-refractivity contribution in [2.24, 2.45) is 0 Å². The van der Waals surface area contributed by atoms with Gasteiger partial charge in [-0.05, 0) is 24.1 Å². The van der Waals surface area contributed by atoms with E-state index in [4.69, 9.17) is 26.8 Å². The first-order chi connectivity index (χ1) is 15.0. The van der Waals surface area contributed by atoms with Crippen LogP contribution in [0.1, 0.15) is 34.3 Å². The molecule has 1 fully saturated rings. The van der Waals surface area contributed by atoms with Gasteiger partial charge in [0.15, 0.2) is 6.29 Å². The Labute approximate surface area is 196 Å². The molecule has 2 aromatic rings. The van der Waals surface area contributed by atoms with Crippen LogP contribution in [0.2, 0.25) is 0 Å². The number of carbonyl (C=O) groups is 1. The van der Waals surface area contributed by atoms with Crippen molar-refractivity contribution >= 4 is 29.0 Å². The molecule has 0 aliphatic carbocycles. The number of methoxy groups -OCH3 is 2. The number of halogens is 1. The molecular formula is C23H27IO7. The fourth-order valence-electron chi connectivity index (χ4n) is 3.47. The van der Waals surface area contributed by atoms with E-state index in [9.17, 15) is 4.79 Å². The number of hydrogen-bond donors (Lipinski definition) is 0. The van der Waals surface area contributed by atoms with Crippen molar-refractivity contribution in [3.05, 3.63) is 59.2 Å². The minimum atomic E-state index is -0.473. The number of carbonyl (C=O) groups excluding carboxylic acids is 1. The van der Waals surface area contributed by atoms with Crippen molar-refractivity contribution in [1.29, 1.82) is 0 Å². The quantitative estimate of drug-likeness (QED) is 0.338. The van der Waals surface area contributed by atoms with Crippen LogP contribution in [-0.2, 0) is 23.9 Å². The SMILES string of the molecule is COc1cc(OCc2ccccc2)cc(C)c1C(=O)OCC1CC(OI)CC(OC)O1. The predicted octanol–water partition coefficient (Wildman–Crippen LogP) is 4.63. The topological polar surface area (TPSA) is 72.5 Å². The fourth-order valence-corrected chi connectivity index (χ4v) is 3.89. The van der Waals surface area contributed by atoms with E-state index >= 15 is 0 Å². The van der Waals surface area contributed by atoms with Gasteiger partial charge in [0.2, 0.25) is 0 Å². The third-order valence-corrected chi connectivity index (χ3v) is 5.78. The lowest BCUT2D eigenvalue weighted by molar-refractivity contribution is -0.204. The van der Waals surface area contributed by atoms with Crippen molar-refractivity contribution in [1.82, 2.24) is 0 Å². The van der Waals surface area contributed by atoms with E-state index in [0.717, 1.165) is 5.56 Å². The van der Waals surface area contributed by atoms with Crippen molar-refractivity contribution in [2.45, 2.75) is 44.9 Å². The van der Waals surface area contributed by atoms with Gasteiger partial charge in [0.1, 0.15) is 53.3 Å². The van der Waals surface area contributed by atoms with Crippen LogP contribution in [0.3, 0.4) is 0 Å². The van der Waals surface area contributed by atoms with E-state index in [1.807, 2.05) is 60.3 Å². The number of hydrogen-bond acceptors (Lipinski definition) is 7. The van der Waals surface area contributed by atoms with E-state index in [1.54, 1.807) is 19.2 Å². The fraction of sp³-hybridized carbons (Fsp3) is 0.435. The Bertz CT molecular complexity index is 847. The first kappa shape index (κ1) is 23.8. The maximum Gasteiger partial charge on any atom is 0.342 e. The molecule has 0 N–H and O–H groups in total. The molecule has 1 aliphatic heterocycles. The number of esters is 1. The summed E-state index contributed by atoms with van der Waals surface area (Å²) < 4.78 is 33.4. The Hall–Kier alpha value is -1.88. The van der Waals surface area contributed by atoms with E-state index in [-0.39, 0.29) is 25.1 Å². The smallest absolute Gasteiger partial charge is 0.342 e. The molecule has 31 heavy (non-hydrogen) atoms. The van der Waals surface area contributed by atoms with Gasteiger partial charge in [0.25, 0.3) is 0 Å². The average Bonchev–Trinajstić information content (AvgIpc) is 2.81. The van der Waals surface area contributed by atoms with Crippen LogP contribution in [0.5, 0.6) is 11.5 Å². The molecule has 2 aromatic carbocycles. The number of benzene rings is 2. The maximum atomic E-state index is 12.8. The predicted molar refractivity (Wildman–Crippen MR) is 123 cm³/mol. The van der Waals surface area contributed by atoms with Gasteiger partial charge in [0.05, 0.1) is 19.3 Å². The summed E-state index contributed by atoms with van der Waals surface area (Å²) in [6, 6.07) is 13.4. The molecule has 8 heteroatoms. The highest BCUT2D eigenvalue weighted by molar-refractivity contribution is 14.1. The first-order valence-electron chi connectivity index (χ1n) is 10.0. The summed E-state index contributed by atoms with van der Waals surface area (Å²) in [4.78, 5) is 12.8.